The minimum atomic E-state index is -1.09. The molecule has 0 saturated heterocycles. The Balaban J connectivity index is 1.77. The van der Waals surface area contributed by atoms with E-state index in [2.05, 4.69) is 31.1 Å². The van der Waals surface area contributed by atoms with Gasteiger partial charge in [-0.1, -0.05) is 51.1 Å². The van der Waals surface area contributed by atoms with E-state index in [0.717, 1.165) is 11.1 Å². The van der Waals surface area contributed by atoms with Crippen molar-refractivity contribution in [3.8, 4) is 0 Å². The van der Waals surface area contributed by atoms with E-state index in [1.807, 2.05) is 24.3 Å². The van der Waals surface area contributed by atoms with E-state index in [9.17, 15) is 18.8 Å². The highest BCUT2D eigenvalue weighted by Crippen LogP contribution is 2.32. The van der Waals surface area contributed by atoms with E-state index in [0.29, 0.717) is 17.7 Å². The number of anilines is 1. The van der Waals surface area contributed by atoms with Gasteiger partial charge in [0.2, 0.25) is 5.91 Å². The van der Waals surface area contributed by atoms with Crippen LogP contribution in [0.4, 0.5) is 10.1 Å². The van der Waals surface area contributed by atoms with Crippen molar-refractivity contribution in [2.24, 2.45) is 14.1 Å². The van der Waals surface area contributed by atoms with Crippen molar-refractivity contribution in [3.63, 3.8) is 0 Å². The standard InChI is InChI=1S/C31H34FN5O3/c1-31(2,3)23-11-13-25(14-12-23)37(29(39)26-20-35(4)30(40)36(26)5)27(22-9-7-16-33-19-22)28(38)34-17-15-21-8-6-10-24(32)18-21/h6-14,16,18-20,27H,15,17H2,1-5H3,(H,34,38). The van der Waals surface area contributed by atoms with Crippen LogP contribution in [0.5, 0.6) is 0 Å². The summed E-state index contributed by atoms with van der Waals surface area (Å²) < 4.78 is 16.2. The largest absolute Gasteiger partial charge is 0.354 e. The van der Waals surface area contributed by atoms with Crippen molar-refractivity contribution in [1.82, 2.24) is 19.4 Å². The maximum atomic E-state index is 14.2. The van der Waals surface area contributed by atoms with Crippen molar-refractivity contribution >= 4 is 17.5 Å². The van der Waals surface area contributed by atoms with Gasteiger partial charge in [-0.05, 0) is 53.3 Å². The lowest BCUT2D eigenvalue weighted by molar-refractivity contribution is -0.122. The summed E-state index contributed by atoms with van der Waals surface area (Å²) in [5.41, 5.74) is 2.45. The normalized spacial score (nSPS) is 12.2. The van der Waals surface area contributed by atoms with Gasteiger partial charge in [0, 0.05) is 50.5 Å². The SMILES string of the molecule is Cn1cc(C(=O)N(c2ccc(C(C)(C)C)cc2)C(C(=O)NCCc2cccc(F)c2)c2cccnc2)n(C)c1=O. The summed E-state index contributed by atoms with van der Waals surface area (Å²) in [7, 11) is 3.09. The molecule has 1 N–H and O–H groups in total. The molecule has 8 nitrogen and oxygen atoms in total. The van der Waals surface area contributed by atoms with Crippen molar-refractivity contribution in [3.05, 3.63) is 118 Å². The molecule has 2 aromatic carbocycles. The lowest BCUT2D eigenvalue weighted by atomic mass is 9.87. The predicted molar refractivity (Wildman–Crippen MR) is 153 cm³/mol. The number of carbonyl (C=O) groups is 2. The number of hydrogen-bond acceptors (Lipinski definition) is 4. The van der Waals surface area contributed by atoms with Gasteiger partial charge < -0.3 is 9.88 Å². The summed E-state index contributed by atoms with van der Waals surface area (Å²) >= 11 is 0. The number of imidazole rings is 1. The number of nitrogens with zero attached hydrogens (tertiary/aromatic N) is 4. The number of benzene rings is 2. The molecule has 0 spiro atoms. The Morgan fingerprint density at radius 2 is 1.77 bits per heavy atom. The third-order valence-electron chi connectivity index (χ3n) is 6.82. The maximum absolute atomic E-state index is 14.2. The molecule has 0 saturated carbocycles. The van der Waals surface area contributed by atoms with E-state index < -0.39 is 17.9 Å². The molecular weight excluding hydrogens is 509 g/mol. The molecule has 4 rings (SSSR count). The molecule has 1 unspecified atom stereocenters. The fraction of sp³-hybridized carbons (Fsp3) is 0.290. The van der Waals surface area contributed by atoms with Gasteiger partial charge in [-0.2, -0.15) is 0 Å². The topological polar surface area (TPSA) is 89.2 Å². The molecule has 0 bridgehead atoms. The third kappa shape index (κ3) is 6.20. The molecular formula is C31H34FN5O3. The molecule has 208 valence electrons. The Kier molecular flexibility index (Phi) is 8.32. The molecule has 0 fully saturated rings. The van der Waals surface area contributed by atoms with Crippen LogP contribution in [0.25, 0.3) is 0 Å². The van der Waals surface area contributed by atoms with Gasteiger partial charge in [-0.15, -0.1) is 0 Å². The van der Waals surface area contributed by atoms with E-state index in [1.165, 1.54) is 39.4 Å². The number of hydrogen-bond donors (Lipinski definition) is 1. The summed E-state index contributed by atoms with van der Waals surface area (Å²) in [5.74, 6) is -1.29. The van der Waals surface area contributed by atoms with Crippen LogP contribution in [0.1, 0.15) is 54.0 Å². The minimum absolute atomic E-state index is 0.117. The molecule has 0 aliphatic heterocycles. The number of rotatable bonds is 8. The molecule has 40 heavy (non-hydrogen) atoms. The second-order valence-electron chi connectivity index (χ2n) is 10.8. The summed E-state index contributed by atoms with van der Waals surface area (Å²) in [6, 6.07) is 16.0. The Labute approximate surface area is 233 Å². The molecule has 9 heteroatoms. The fourth-order valence-corrected chi connectivity index (χ4v) is 4.57. The summed E-state index contributed by atoms with van der Waals surface area (Å²) in [6.45, 7) is 6.51. The van der Waals surface area contributed by atoms with Gasteiger partial charge in [0.25, 0.3) is 5.91 Å². The number of carbonyl (C=O) groups excluding carboxylic acids is 2. The van der Waals surface area contributed by atoms with Crippen molar-refractivity contribution in [1.29, 1.82) is 0 Å². The van der Waals surface area contributed by atoms with Crippen LogP contribution >= 0.6 is 0 Å². The monoisotopic (exact) mass is 543 g/mol. The first-order chi connectivity index (χ1) is 19.0. The quantitative estimate of drug-likeness (QED) is 0.359. The molecule has 2 heterocycles. The van der Waals surface area contributed by atoms with Crippen LogP contribution < -0.4 is 15.9 Å². The van der Waals surface area contributed by atoms with Crippen molar-refractivity contribution in [2.45, 2.75) is 38.6 Å². The first-order valence-electron chi connectivity index (χ1n) is 13.1. The number of aryl methyl sites for hydroxylation is 1. The number of pyridine rings is 1. The fourth-order valence-electron chi connectivity index (χ4n) is 4.57. The second kappa shape index (κ2) is 11.7. The molecule has 0 radical (unpaired) electrons. The molecule has 2 amide bonds. The first-order valence-corrected chi connectivity index (χ1v) is 13.1. The van der Waals surface area contributed by atoms with Gasteiger partial charge in [-0.25, -0.2) is 9.18 Å². The Morgan fingerprint density at radius 3 is 2.35 bits per heavy atom. The van der Waals surface area contributed by atoms with Gasteiger partial charge in [0.05, 0.1) is 0 Å². The van der Waals surface area contributed by atoms with Gasteiger partial charge in [-0.3, -0.25) is 24.0 Å². The molecule has 0 aliphatic carbocycles. The molecule has 1 atom stereocenters. The van der Waals surface area contributed by atoms with E-state index >= 15 is 0 Å². The average Bonchev–Trinajstić information content (AvgIpc) is 3.18. The summed E-state index contributed by atoms with van der Waals surface area (Å²) in [4.78, 5) is 46.1. The molecule has 2 aromatic heterocycles. The first kappa shape index (κ1) is 28.5. The highest BCUT2D eigenvalue weighted by Gasteiger charge is 2.35. The molecule has 0 aliphatic rings. The maximum Gasteiger partial charge on any atom is 0.328 e. The number of amides is 2. The van der Waals surface area contributed by atoms with Crippen LogP contribution in [0.3, 0.4) is 0 Å². The lowest BCUT2D eigenvalue weighted by Crippen LogP contribution is -2.45. The number of nitrogens with one attached hydrogen (secondary N) is 1. The van der Waals surface area contributed by atoms with E-state index in [4.69, 9.17) is 0 Å². The van der Waals surface area contributed by atoms with Gasteiger partial charge >= 0.3 is 5.69 Å². The molecule has 4 aromatic rings. The highest BCUT2D eigenvalue weighted by molar-refractivity contribution is 6.09. The van der Waals surface area contributed by atoms with Crippen LogP contribution in [0.2, 0.25) is 0 Å². The lowest BCUT2D eigenvalue weighted by Gasteiger charge is -2.32. The van der Waals surface area contributed by atoms with Crippen molar-refractivity contribution in [2.75, 3.05) is 11.4 Å². The van der Waals surface area contributed by atoms with Crippen LogP contribution in [-0.2, 0) is 30.7 Å². The van der Waals surface area contributed by atoms with Crippen LogP contribution in [0.15, 0.2) is 84.0 Å². The third-order valence-corrected chi connectivity index (χ3v) is 6.82. The zero-order chi connectivity index (χ0) is 29.0. The average molecular weight is 544 g/mol. The Hall–Kier alpha value is -4.53. The Morgan fingerprint density at radius 1 is 1.05 bits per heavy atom. The van der Waals surface area contributed by atoms with Crippen molar-refractivity contribution < 1.29 is 14.0 Å². The van der Waals surface area contributed by atoms with E-state index in [1.54, 1.807) is 43.7 Å². The number of aromatic nitrogens is 3. The zero-order valence-electron chi connectivity index (χ0n) is 23.4. The smallest absolute Gasteiger partial charge is 0.328 e. The van der Waals surface area contributed by atoms with Gasteiger partial charge in [0.15, 0.2) is 0 Å². The predicted octanol–water partition coefficient (Wildman–Crippen LogP) is 4.30. The highest BCUT2D eigenvalue weighted by atomic mass is 19.1. The number of halogens is 1. The summed E-state index contributed by atoms with van der Waals surface area (Å²) in [5, 5.41) is 2.92. The van der Waals surface area contributed by atoms with Gasteiger partial charge in [0.1, 0.15) is 17.6 Å². The zero-order valence-corrected chi connectivity index (χ0v) is 23.4. The van der Waals surface area contributed by atoms with E-state index in [-0.39, 0.29) is 29.2 Å². The summed E-state index contributed by atoms with van der Waals surface area (Å²) in [6.07, 6.45) is 5.01. The minimum Gasteiger partial charge on any atom is -0.354 e. The van der Waals surface area contributed by atoms with Crippen LogP contribution in [-0.4, -0.2) is 32.5 Å². The Bertz CT molecular complexity index is 1550. The second-order valence-corrected chi connectivity index (χ2v) is 10.8. The van der Waals surface area contributed by atoms with Crippen LogP contribution in [0, 0.1) is 5.82 Å².